The Morgan fingerprint density at radius 1 is 0.933 bits per heavy atom. The molecule has 30 heavy (non-hydrogen) atoms. The third-order valence-corrected chi connectivity index (χ3v) is 4.78. The summed E-state index contributed by atoms with van der Waals surface area (Å²) in [5, 5.41) is 0.803. The molecule has 1 aromatic heterocycles. The SMILES string of the molecule is CC(=O)Oc1cc2cc(C(C)CC/C=C(\C)CCC=C(C)C)oc2cc1OC(C)=O. The quantitative estimate of drug-likeness (QED) is 0.256. The van der Waals surface area contributed by atoms with Crippen molar-refractivity contribution in [2.45, 2.75) is 73.1 Å². The van der Waals surface area contributed by atoms with E-state index in [2.05, 4.69) is 39.8 Å². The van der Waals surface area contributed by atoms with Crippen LogP contribution in [0.4, 0.5) is 0 Å². The van der Waals surface area contributed by atoms with Crippen molar-refractivity contribution < 1.29 is 23.5 Å². The van der Waals surface area contributed by atoms with Crippen molar-refractivity contribution in [3.05, 3.63) is 47.3 Å². The number of allylic oxidation sites excluding steroid dienone is 4. The zero-order valence-electron chi connectivity index (χ0n) is 18.8. The van der Waals surface area contributed by atoms with Crippen molar-refractivity contribution in [1.82, 2.24) is 0 Å². The van der Waals surface area contributed by atoms with Crippen molar-refractivity contribution in [3.63, 3.8) is 0 Å². The minimum Gasteiger partial charge on any atom is -0.461 e. The monoisotopic (exact) mass is 412 g/mol. The third-order valence-electron chi connectivity index (χ3n) is 4.78. The standard InChI is InChI=1S/C25H32O5/c1-16(2)9-7-10-17(3)11-8-12-18(4)22-13-21-14-24(28-19(5)26)25(29-20(6)27)15-23(21)30-22/h9,11,13-15,18H,7-8,10,12H2,1-6H3/b17-11+. The largest absolute Gasteiger partial charge is 0.461 e. The molecule has 0 fully saturated rings. The summed E-state index contributed by atoms with van der Waals surface area (Å²) < 4.78 is 16.4. The van der Waals surface area contributed by atoms with Gasteiger partial charge in [-0.15, -0.1) is 0 Å². The first kappa shape index (κ1) is 23.5. The van der Waals surface area contributed by atoms with Gasteiger partial charge in [0.2, 0.25) is 0 Å². The van der Waals surface area contributed by atoms with E-state index in [1.807, 2.05) is 6.07 Å². The zero-order chi connectivity index (χ0) is 22.3. The fourth-order valence-electron chi connectivity index (χ4n) is 3.19. The molecular weight excluding hydrogens is 380 g/mol. The van der Waals surface area contributed by atoms with Gasteiger partial charge < -0.3 is 13.9 Å². The van der Waals surface area contributed by atoms with Gasteiger partial charge >= 0.3 is 11.9 Å². The van der Waals surface area contributed by atoms with Crippen LogP contribution in [-0.4, -0.2) is 11.9 Å². The number of esters is 2. The molecule has 0 aliphatic rings. The molecule has 5 heteroatoms. The van der Waals surface area contributed by atoms with Gasteiger partial charge in [0.25, 0.3) is 0 Å². The molecule has 162 valence electrons. The maximum atomic E-state index is 11.4. The highest BCUT2D eigenvalue weighted by molar-refractivity contribution is 5.85. The second kappa shape index (κ2) is 10.8. The molecule has 1 aromatic carbocycles. The van der Waals surface area contributed by atoms with Gasteiger partial charge in [-0.1, -0.05) is 30.2 Å². The molecule has 0 saturated heterocycles. The summed E-state index contributed by atoms with van der Waals surface area (Å²) in [5.74, 6) is 0.498. The molecule has 1 heterocycles. The first-order valence-electron chi connectivity index (χ1n) is 10.4. The van der Waals surface area contributed by atoms with Gasteiger partial charge in [-0.2, -0.15) is 0 Å². The number of rotatable bonds is 9. The molecule has 2 rings (SSSR count). The lowest BCUT2D eigenvalue weighted by Crippen LogP contribution is -2.06. The fraction of sp³-hybridized carbons (Fsp3) is 0.440. The summed E-state index contributed by atoms with van der Waals surface area (Å²) >= 11 is 0. The van der Waals surface area contributed by atoms with Crippen molar-refractivity contribution in [3.8, 4) is 11.5 Å². The Labute approximate surface area is 178 Å². The molecule has 0 spiro atoms. The number of fused-ring (bicyclic) bond motifs is 1. The van der Waals surface area contributed by atoms with Crippen LogP contribution in [0.3, 0.4) is 0 Å². The van der Waals surface area contributed by atoms with Crippen LogP contribution in [0, 0.1) is 0 Å². The van der Waals surface area contributed by atoms with Gasteiger partial charge in [-0.05, 0) is 58.6 Å². The zero-order valence-corrected chi connectivity index (χ0v) is 18.8. The average Bonchev–Trinajstić information content (AvgIpc) is 3.03. The molecule has 0 saturated carbocycles. The molecule has 2 aromatic rings. The number of ether oxygens (including phenoxy) is 2. The van der Waals surface area contributed by atoms with Crippen molar-refractivity contribution in [2.75, 3.05) is 0 Å². The van der Waals surface area contributed by atoms with Crippen LogP contribution in [-0.2, 0) is 9.59 Å². The van der Waals surface area contributed by atoms with Crippen LogP contribution >= 0.6 is 0 Å². The minimum absolute atomic E-state index is 0.175. The first-order valence-corrected chi connectivity index (χ1v) is 10.4. The Bertz CT molecular complexity index is 904. The number of carbonyl (C=O) groups is 2. The molecular formula is C25H32O5. The Morgan fingerprint density at radius 2 is 1.57 bits per heavy atom. The van der Waals surface area contributed by atoms with Crippen LogP contribution < -0.4 is 9.47 Å². The predicted molar refractivity (Wildman–Crippen MR) is 119 cm³/mol. The van der Waals surface area contributed by atoms with Crippen LogP contribution in [0.1, 0.15) is 78.9 Å². The Hall–Kier alpha value is -2.82. The van der Waals surface area contributed by atoms with Crippen LogP contribution in [0.2, 0.25) is 0 Å². The molecule has 1 unspecified atom stereocenters. The topological polar surface area (TPSA) is 65.7 Å². The van der Waals surface area contributed by atoms with Gasteiger partial charge in [-0.25, -0.2) is 0 Å². The molecule has 0 bridgehead atoms. The third kappa shape index (κ3) is 7.21. The highest BCUT2D eigenvalue weighted by atomic mass is 16.6. The number of furan rings is 1. The van der Waals surface area contributed by atoms with E-state index in [1.54, 1.807) is 12.1 Å². The predicted octanol–water partition coefficient (Wildman–Crippen LogP) is 6.86. The summed E-state index contributed by atoms with van der Waals surface area (Å²) in [6.45, 7) is 11.2. The second-order valence-corrected chi connectivity index (χ2v) is 8.02. The normalized spacial score (nSPS) is 12.5. The first-order chi connectivity index (χ1) is 14.2. The van der Waals surface area contributed by atoms with Crippen molar-refractivity contribution >= 4 is 22.9 Å². The lowest BCUT2D eigenvalue weighted by atomic mass is 10.0. The van der Waals surface area contributed by atoms with Gasteiger partial charge in [0.05, 0.1) is 0 Å². The Morgan fingerprint density at radius 3 is 2.17 bits per heavy atom. The highest BCUT2D eigenvalue weighted by Gasteiger charge is 2.17. The van der Waals surface area contributed by atoms with E-state index < -0.39 is 11.9 Å². The van der Waals surface area contributed by atoms with Gasteiger partial charge in [-0.3, -0.25) is 9.59 Å². The van der Waals surface area contributed by atoms with Crippen molar-refractivity contribution in [1.29, 1.82) is 0 Å². The van der Waals surface area contributed by atoms with Gasteiger partial charge in [0.15, 0.2) is 11.5 Å². The van der Waals surface area contributed by atoms with E-state index in [1.165, 1.54) is 25.0 Å². The maximum absolute atomic E-state index is 11.4. The van der Waals surface area contributed by atoms with Crippen LogP contribution in [0.5, 0.6) is 11.5 Å². The van der Waals surface area contributed by atoms with Crippen LogP contribution in [0.25, 0.3) is 11.0 Å². The number of carbonyl (C=O) groups excluding carboxylic acids is 2. The number of benzene rings is 1. The van der Waals surface area contributed by atoms with Crippen molar-refractivity contribution in [2.24, 2.45) is 0 Å². The Balaban J connectivity index is 2.10. The molecule has 0 N–H and O–H groups in total. The smallest absolute Gasteiger partial charge is 0.308 e. The fourth-order valence-corrected chi connectivity index (χ4v) is 3.19. The lowest BCUT2D eigenvalue weighted by molar-refractivity contribution is -0.134. The molecule has 0 amide bonds. The van der Waals surface area contributed by atoms with E-state index in [0.717, 1.165) is 36.8 Å². The van der Waals surface area contributed by atoms with Crippen LogP contribution in [0.15, 0.2) is 45.9 Å². The average molecular weight is 413 g/mol. The minimum atomic E-state index is -0.491. The van der Waals surface area contributed by atoms with Gasteiger partial charge in [0, 0.05) is 31.2 Å². The van der Waals surface area contributed by atoms with E-state index >= 15 is 0 Å². The number of hydrogen-bond acceptors (Lipinski definition) is 5. The Kier molecular flexibility index (Phi) is 8.46. The summed E-state index contributed by atoms with van der Waals surface area (Å²) in [5.41, 5.74) is 3.36. The molecule has 0 radical (unpaired) electrons. The molecule has 5 nitrogen and oxygen atoms in total. The van der Waals surface area contributed by atoms with E-state index in [-0.39, 0.29) is 17.4 Å². The summed E-state index contributed by atoms with van der Waals surface area (Å²) in [6, 6.07) is 5.22. The maximum Gasteiger partial charge on any atom is 0.308 e. The van der Waals surface area contributed by atoms with E-state index in [4.69, 9.17) is 13.9 Å². The highest BCUT2D eigenvalue weighted by Crippen LogP contribution is 2.36. The number of hydrogen-bond donors (Lipinski definition) is 0. The van der Waals surface area contributed by atoms with Gasteiger partial charge in [0.1, 0.15) is 11.3 Å². The van der Waals surface area contributed by atoms with E-state index in [9.17, 15) is 9.59 Å². The molecule has 0 aliphatic carbocycles. The summed E-state index contributed by atoms with van der Waals surface area (Å²) in [7, 11) is 0. The lowest BCUT2D eigenvalue weighted by Gasteiger charge is -2.08. The summed E-state index contributed by atoms with van der Waals surface area (Å²) in [4.78, 5) is 22.7. The van der Waals surface area contributed by atoms with E-state index in [0.29, 0.717) is 5.58 Å². The molecule has 0 aliphatic heterocycles. The summed E-state index contributed by atoms with van der Waals surface area (Å²) in [6.07, 6.45) is 8.68. The second-order valence-electron chi connectivity index (χ2n) is 8.02. The molecule has 1 atom stereocenters.